The lowest BCUT2D eigenvalue weighted by Crippen LogP contribution is -2.33. The third-order valence-electron chi connectivity index (χ3n) is 3.04. The molecule has 0 saturated carbocycles. The van der Waals surface area contributed by atoms with Crippen LogP contribution in [-0.4, -0.2) is 8.07 Å². The van der Waals surface area contributed by atoms with Crippen molar-refractivity contribution >= 4 is 8.07 Å². The van der Waals surface area contributed by atoms with Crippen molar-refractivity contribution < 1.29 is 0 Å². The quantitative estimate of drug-likeness (QED) is 0.425. The van der Waals surface area contributed by atoms with Crippen LogP contribution in [0.2, 0.25) is 24.7 Å². The monoisotopic (exact) mass is 186 g/mol. The molecule has 1 rings (SSSR count). The second-order valence-electron chi connectivity index (χ2n) is 4.14. The van der Waals surface area contributed by atoms with Gasteiger partial charge >= 0.3 is 0 Å². The van der Waals surface area contributed by atoms with Gasteiger partial charge in [-0.15, -0.1) is 0 Å². The van der Waals surface area contributed by atoms with Gasteiger partial charge in [0.25, 0.3) is 0 Å². The molecule has 0 radical (unpaired) electrons. The highest BCUT2D eigenvalue weighted by Crippen LogP contribution is 2.36. The lowest BCUT2D eigenvalue weighted by Gasteiger charge is -2.34. The first kappa shape index (κ1) is 14.2. The lowest BCUT2D eigenvalue weighted by atomic mass is 10.2. The van der Waals surface area contributed by atoms with E-state index in [-0.39, 0.29) is 7.43 Å². The van der Waals surface area contributed by atoms with Crippen LogP contribution in [0.5, 0.6) is 0 Å². The topological polar surface area (TPSA) is 47.6 Å². The summed E-state index contributed by atoms with van der Waals surface area (Å²) in [7, 11) is -0.694. The first-order valence-electron chi connectivity index (χ1n) is 4.33. The molecule has 0 aromatic heterocycles. The molecule has 1 fully saturated rings. The van der Waals surface area contributed by atoms with E-state index in [0.29, 0.717) is 0 Å². The average Bonchev–Trinajstić information content (AvgIpc) is 2.00. The Bertz CT molecular complexity index is 132. The van der Waals surface area contributed by atoms with Gasteiger partial charge in [-0.25, -0.2) is 0 Å². The molecule has 2 nitrogen and oxygen atoms in total. The molecule has 0 amide bonds. The minimum Gasteiger partial charge on any atom is -0.0776 e. The molecule has 0 N–H and O–H groups in total. The van der Waals surface area contributed by atoms with Crippen molar-refractivity contribution in [3.05, 3.63) is 0 Å². The zero-order valence-electron chi connectivity index (χ0n) is 7.80. The van der Waals surface area contributed by atoms with Crippen LogP contribution < -0.4 is 0 Å². The SMILES string of the molecule is C.CC1CCCC[Si]1(C)C.N#N. The Hall–Kier alpha value is -0.363. The molecule has 0 aromatic rings. The van der Waals surface area contributed by atoms with Gasteiger partial charge in [0.15, 0.2) is 0 Å². The number of hydrogen-bond donors (Lipinski definition) is 0. The summed E-state index contributed by atoms with van der Waals surface area (Å²) in [5.41, 5.74) is 1.09. The van der Waals surface area contributed by atoms with E-state index >= 15 is 0 Å². The normalized spacial score (nSPS) is 25.9. The van der Waals surface area contributed by atoms with Crippen molar-refractivity contribution in [2.24, 2.45) is 0 Å². The highest BCUT2D eigenvalue weighted by atomic mass is 28.3. The molecule has 1 aliphatic heterocycles. The molecule has 0 spiro atoms. The van der Waals surface area contributed by atoms with Crippen molar-refractivity contribution in [1.29, 1.82) is 10.8 Å². The number of hydrogen-bond acceptors (Lipinski definition) is 2. The molecule has 3 heteroatoms. The molecule has 12 heavy (non-hydrogen) atoms. The molecule has 1 saturated heterocycles. The van der Waals surface area contributed by atoms with Gasteiger partial charge in [0.1, 0.15) is 0 Å². The van der Waals surface area contributed by atoms with Gasteiger partial charge in [-0.05, 0) is 5.54 Å². The summed E-state index contributed by atoms with van der Waals surface area (Å²) in [6.07, 6.45) is 4.53. The Balaban J connectivity index is 0. The maximum absolute atomic E-state index is 6.00. The summed E-state index contributed by atoms with van der Waals surface area (Å²) in [5, 5.41) is 12.0. The van der Waals surface area contributed by atoms with Crippen molar-refractivity contribution in [3.8, 4) is 0 Å². The van der Waals surface area contributed by atoms with Gasteiger partial charge in [0.05, 0.1) is 8.07 Å². The Labute approximate surface area is 77.8 Å². The van der Waals surface area contributed by atoms with Gasteiger partial charge < -0.3 is 0 Å². The van der Waals surface area contributed by atoms with E-state index in [1.54, 1.807) is 6.04 Å². The molecular formula is C9H22N2Si. The Morgan fingerprint density at radius 2 is 1.67 bits per heavy atom. The maximum atomic E-state index is 6.00. The average molecular weight is 186 g/mol. The van der Waals surface area contributed by atoms with Gasteiger partial charge in [0.2, 0.25) is 0 Å². The van der Waals surface area contributed by atoms with Crippen molar-refractivity contribution in [2.75, 3.05) is 0 Å². The summed E-state index contributed by atoms with van der Waals surface area (Å²) in [6.45, 7) is 7.53. The molecule has 1 unspecified atom stereocenters. The summed E-state index contributed by atoms with van der Waals surface area (Å²) < 4.78 is 0. The predicted octanol–water partition coefficient (Wildman–Crippen LogP) is 3.94. The van der Waals surface area contributed by atoms with Crippen molar-refractivity contribution in [3.63, 3.8) is 0 Å². The Morgan fingerprint density at radius 3 is 1.92 bits per heavy atom. The molecule has 1 atom stereocenters. The molecule has 72 valence electrons. The highest BCUT2D eigenvalue weighted by molar-refractivity contribution is 6.78. The van der Waals surface area contributed by atoms with E-state index in [1.807, 2.05) is 0 Å². The zero-order valence-corrected chi connectivity index (χ0v) is 8.80. The molecule has 1 heterocycles. The standard InChI is InChI=1S/C8H18Si.CH4.N2/c1-8-6-4-5-7-9(8,2)3;;1-2/h8H,4-7H2,1-3H3;1H4;. The second kappa shape index (κ2) is 6.19. The Morgan fingerprint density at radius 1 is 1.17 bits per heavy atom. The minimum atomic E-state index is -0.694. The fraction of sp³-hybridized carbons (Fsp3) is 1.00. The zero-order chi connectivity index (χ0) is 8.91. The molecule has 1 aliphatic rings. The van der Waals surface area contributed by atoms with E-state index in [0.717, 1.165) is 5.54 Å². The molecule has 0 aromatic carbocycles. The molecule has 0 aliphatic carbocycles. The second-order valence-corrected chi connectivity index (χ2v) is 9.60. The summed E-state index contributed by atoms with van der Waals surface area (Å²) in [4.78, 5) is 0. The third-order valence-corrected chi connectivity index (χ3v) is 7.64. The van der Waals surface area contributed by atoms with E-state index in [9.17, 15) is 0 Å². The van der Waals surface area contributed by atoms with Gasteiger partial charge in [-0.2, -0.15) is 0 Å². The van der Waals surface area contributed by atoms with E-state index in [1.165, 1.54) is 19.3 Å². The molecule has 0 bridgehead atoms. The lowest BCUT2D eigenvalue weighted by molar-refractivity contribution is 0.635. The van der Waals surface area contributed by atoms with E-state index in [2.05, 4.69) is 20.0 Å². The smallest absolute Gasteiger partial charge is 0.0502 e. The first-order chi connectivity index (χ1) is 5.13. The van der Waals surface area contributed by atoms with Crippen LogP contribution in [0.25, 0.3) is 0 Å². The first-order valence-corrected chi connectivity index (χ1v) is 7.61. The van der Waals surface area contributed by atoms with Crippen LogP contribution in [0.15, 0.2) is 0 Å². The van der Waals surface area contributed by atoms with Crippen molar-refractivity contribution in [2.45, 2.75) is 58.3 Å². The number of rotatable bonds is 0. The maximum Gasteiger partial charge on any atom is 0.0502 e. The van der Waals surface area contributed by atoms with E-state index in [4.69, 9.17) is 10.8 Å². The predicted molar refractivity (Wildman–Crippen MR) is 55.7 cm³/mol. The van der Waals surface area contributed by atoms with Crippen molar-refractivity contribution in [1.82, 2.24) is 0 Å². The van der Waals surface area contributed by atoms with Crippen LogP contribution in [0, 0.1) is 10.8 Å². The van der Waals surface area contributed by atoms with Crippen LogP contribution in [0.3, 0.4) is 0 Å². The fourth-order valence-corrected chi connectivity index (χ4v) is 4.31. The Kier molecular flexibility index (Phi) is 7.31. The third kappa shape index (κ3) is 3.87. The molecular weight excluding hydrogens is 164 g/mol. The highest BCUT2D eigenvalue weighted by Gasteiger charge is 2.30. The van der Waals surface area contributed by atoms with Gasteiger partial charge in [-0.3, -0.25) is 0 Å². The summed E-state index contributed by atoms with van der Waals surface area (Å²) >= 11 is 0. The van der Waals surface area contributed by atoms with Gasteiger partial charge in [0, 0.05) is 10.8 Å². The van der Waals surface area contributed by atoms with Gasteiger partial charge in [-0.1, -0.05) is 52.8 Å². The summed E-state index contributed by atoms with van der Waals surface area (Å²) in [6, 6.07) is 1.58. The largest absolute Gasteiger partial charge is 0.0776 e. The summed E-state index contributed by atoms with van der Waals surface area (Å²) in [5.74, 6) is 0. The van der Waals surface area contributed by atoms with Crippen LogP contribution in [0.1, 0.15) is 33.6 Å². The minimum absolute atomic E-state index is 0. The van der Waals surface area contributed by atoms with Crippen LogP contribution >= 0.6 is 0 Å². The number of nitrogens with zero attached hydrogens (tertiary/aromatic N) is 2. The fourth-order valence-electron chi connectivity index (χ4n) is 1.67. The van der Waals surface area contributed by atoms with Crippen LogP contribution in [-0.2, 0) is 0 Å². The van der Waals surface area contributed by atoms with Crippen LogP contribution in [0.4, 0.5) is 0 Å². The van der Waals surface area contributed by atoms with E-state index < -0.39 is 8.07 Å².